The number of benzene rings is 3. The third-order valence-electron chi connectivity index (χ3n) is 5.76. The summed E-state index contributed by atoms with van der Waals surface area (Å²) in [5, 5.41) is 13.5. The third kappa shape index (κ3) is 4.70. The molecule has 0 bridgehead atoms. The molecular formula is C27H19BrIN3O3S. The molecule has 9 heteroatoms. The molecule has 4 aromatic rings. The molecule has 1 amide bonds. The van der Waals surface area contributed by atoms with Crippen LogP contribution in [0.15, 0.2) is 98.3 Å². The van der Waals surface area contributed by atoms with Crippen LogP contribution in [0.4, 0.5) is 5.69 Å². The lowest BCUT2D eigenvalue weighted by atomic mass is 9.95. The normalized spacial score (nSPS) is 15.4. The zero-order chi connectivity index (χ0) is 25.4. The monoisotopic (exact) mass is 671 g/mol. The zero-order valence-corrected chi connectivity index (χ0v) is 23.5. The Morgan fingerprint density at radius 2 is 1.81 bits per heavy atom. The van der Waals surface area contributed by atoms with Gasteiger partial charge in [-0.3, -0.25) is 14.2 Å². The highest BCUT2D eigenvalue weighted by Gasteiger charge is 2.32. The quantitative estimate of drug-likeness (QED) is 0.302. The second-order valence-corrected chi connectivity index (χ2v) is 11.2. The van der Waals surface area contributed by atoms with Crippen molar-refractivity contribution in [2.75, 3.05) is 5.32 Å². The highest BCUT2D eigenvalue weighted by molar-refractivity contribution is 14.1. The largest absolute Gasteiger partial charge is 0.506 e. The molecule has 0 saturated carbocycles. The third-order valence-corrected chi connectivity index (χ3v) is 8.02. The van der Waals surface area contributed by atoms with Gasteiger partial charge >= 0.3 is 0 Å². The molecule has 0 fully saturated rings. The van der Waals surface area contributed by atoms with Gasteiger partial charge in [-0.2, -0.15) is 0 Å². The number of amides is 1. The van der Waals surface area contributed by atoms with Crippen molar-refractivity contribution in [1.29, 1.82) is 0 Å². The number of carbonyl (C=O) groups excluding carboxylic acids is 1. The zero-order valence-electron chi connectivity index (χ0n) is 18.9. The Bertz CT molecular complexity index is 1700. The molecule has 1 aromatic heterocycles. The first-order valence-electron chi connectivity index (χ1n) is 11.0. The second kappa shape index (κ2) is 10.2. The number of fused-ring (bicyclic) bond motifs is 1. The van der Waals surface area contributed by atoms with Gasteiger partial charge in [-0.15, -0.1) is 0 Å². The van der Waals surface area contributed by atoms with E-state index in [1.807, 2.05) is 83.3 Å². The number of anilines is 1. The first-order chi connectivity index (χ1) is 17.3. The van der Waals surface area contributed by atoms with Gasteiger partial charge in [0, 0.05) is 15.7 Å². The van der Waals surface area contributed by atoms with Gasteiger partial charge in [0.25, 0.3) is 11.5 Å². The molecule has 3 aromatic carbocycles. The summed E-state index contributed by atoms with van der Waals surface area (Å²) in [7, 11) is 0. The lowest BCUT2D eigenvalue weighted by molar-refractivity contribution is -0.113. The van der Waals surface area contributed by atoms with Crippen molar-refractivity contribution < 1.29 is 9.90 Å². The maximum Gasteiger partial charge on any atom is 0.271 e. The van der Waals surface area contributed by atoms with Crippen molar-refractivity contribution in [3.63, 3.8) is 0 Å². The summed E-state index contributed by atoms with van der Waals surface area (Å²) in [6.45, 7) is 1.79. The number of nitrogens with zero attached hydrogens (tertiary/aromatic N) is 2. The fraction of sp³-hybridized carbons (Fsp3) is 0.0741. The van der Waals surface area contributed by atoms with Crippen LogP contribution in [0.5, 0.6) is 5.75 Å². The number of carbonyl (C=O) groups is 1. The number of aromatic hydroxyl groups is 1. The van der Waals surface area contributed by atoms with Crippen molar-refractivity contribution in [3.8, 4) is 5.75 Å². The number of hydrogen-bond acceptors (Lipinski definition) is 5. The first kappa shape index (κ1) is 24.7. The Morgan fingerprint density at radius 3 is 2.50 bits per heavy atom. The molecule has 0 radical (unpaired) electrons. The lowest BCUT2D eigenvalue weighted by Gasteiger charge is -2.25. The van der Waals surface area contributed by atoms with Gasteiger partial charge in [0.1, 0.15) is 5.75 Å². The van der Waals surface area contributed by atoms with Crippen LogP contribution >= 0.6 is 49.9 Å². The number of thiazole rings is 1. The maximum atomic E-state index is 13.7. The molecule has 5 rings (SSSR count). The molecule has 1 aliphatic rings. The molecule has 0 unspecified atom stereocenters. The van der Waals surface area contributed by atoms with E-state index in [-0.39, 0.29) is 17.2 Å². The van der Waals surface area contributed by atoms with Gasteiger partial charge in [0.15, 0.2) is 4.80 Å². The summed E-state index contributed by atoms with van der Waals surface area (Å²) >= 11 is 6.73. The van der Waals surface area contributed by atoms with E-state index < -0.39 is 6.04 Å². The predicted molar refractivity (Wildman–Crippen MR) is 154 cm³/mol. The number of para-hydroxylation sites is 1. The van der Waals surface area contributed by atoms with Gasteiger partial charge in [0.05, 0.1) is 25.4 Å². The van der Waals surface area contributed by atoms with E-state index >= 15 is 0 Å². The number of rotatable bonds is 4. The summed E-state index contributed by atoms with van der Waals surface area (Å²) < 4.78 is 3.44. The van der Waals surface area contributed by atoms with Crippen LogP contribution < -0.4 is 20.2 Å². The molecule has 36 heavy (non-hydrogen) atoms. The van der Waals surface area contributed by atoms with Crippen LogP contribution in [0.3, 0.4) is 0 Å². The topological polar surface area (TPSA) is 83.7 Å². The Morgan fingerprint density at radius 1 is 1.14 bits per heavy atom. The average Bonchev–Trinajstić information content (AvgIpc) is 3.16. The number of aromatic nitrogens is 1. The van der Waals surface area contributed by atoms with Crippen LogP contribution in [0.25, 0.3) is 6.08 Å². The molecule has 1 aliphatic heterocycles. The van der Waals surface area contributed by atoms with Crippen LogP contribution in [0.2, 0.25) is 0 Å². The molecule has 1 atom stereocenters. The fourth-order valence-corrected chi connectivity index (χ4v) is 6.71. The van der Waals surface area contributed by atoms with E-state index in [9.17, 15) is 14.7 Å². The fourth-order valence-electron chi connectivity index (χ4n) is 4.12. The van der Waals surface area contributed by atoms with Crippen LogP contribution in [0.1, 0.15) is 24.1 Å². The lowest BCUT2D eigenvalue weighted by Crippen LogP contribution is -2.40. The molecule has 6 nitrogen and oxygen atoms in total. The molecule has 0 saturated heterocycles. The van der Waals surface area contributed by atoms with E-state index in [0.29, 0.717) is 35.4 Å². The predicted octanol–water partition coefficient (Wildman–Crippen LogP) is 4.95. The Kier molecular flexibility index (Phi) is 6.96. The molecule has 2 heterocycles. The Labute approximate surface area is 232 Å². The summed E-state index contributed by atoms with van der Waals surface area (Å²) in [5.41, 5.74) is 2.66. The van der Waals surface area contributed by atoms with Crippen molar-refractivity contribution in [2.45, 2.75) is 13.0 Å². The van der Waals surface area contributed by atoms with Crippen LogP contribution in [-0.2, 0) is 4.79 Å². The van der Waals surface area contributed by atoms with Crippen molar-refractivity contribution in [3.05, 3.63) is 123 Å². The Balaban J connectivity index is 1.69. The van der Waals surface area contributed by atoms with Crippen molar-refractivity contribution >= 4 is 67.5 Å². The van der Waals surface area contributed by atoms with E-state index in [1.54, 1.807) is 29.7 Å². The number of phenols is 1. The minimum absolute atomic E-state index is 0.100. The van der Waals surface area contributed by atoms with Gasteiger partial charge in [-0.25, -0.2) is 4.99 Å². The SMILES string of the molecule is CC1=C(C(=O)Nc2ccccc2)[C@@H](c2ccccc2)n2c(s/c(=C/c3cc(Br)cc(I)c3O)c2=O)=N1. The summed E-state index contributed by atoms with van der Waals surface area (Å²) in [4.78, 5) is 32.4. The van der Waals surface area contributed by atoms with Crippen LogP contribution in [0, 0.1) is 3.57 Å². The van der Waals surface area contributed by atoms with Crippen LogP contribution in [-0.4, -0.2) is 15.6 Å². The number of hydrogen-bond donors (Lipinski definition) is 2. The summed E-state index contributed by atoms with van der Waals surface area (Å²) in [6, 6.07) is 21.6. The van der Waals surface area contributed by atoms with Gasteiger partial charge in [0.2, 0.25) is 0 Å². The Hall–Kier alpha value is -3.02. The smallest absolute Gasteiger partial charge is 0.271 e. The van der Waals surface area contributed by atoms with Crippen molar-refractivity contribution in [1.82, 2.24) is 4.57 Å². The van der Waals surface area contributed by atoms with Gasteiger partial charge < -0.3 is 10.4 Å². The minimum atomic E-state index is -0.649. The number of halogens is 2. The molecule has 2 N–H and O–H groups in total. The molecule has 0 aliphatic carbocycles. The number of phenolic OH excluding ortho intramolecular Hbond substituents is 1. The van der Waals surface area contributed by atoms with Gasteiger partial charge in [-0.05, 0) is 65.4 Å². The maximum absolute atomic E-state index is 13.7. The molecule has 180 valence electrons. The second-order valence-electron chi connectivity index (χ2n) is 8.14. The highest BCUT2D eigenvalue weighted by atomic mass is 127. The minimum Gasteiger partial charge on any atom is -0.506 e. The van der Waals surface area contributed by atoms with E-state index in [2.05, 4.69) is 26.2 Å². The number of allylic oxidation sites excluding steroid dienone is 1. The standard InChI is InChI=1S/C27H19BrIN3O3S/c1-15-22(25(34)31-19-10-6-3-7-11-19)23(16-8-4-2-5-9-16)32-26(35)21(36-27(32)30-15)13-17-12-18(28)14-20(29)24(17)33/h2-14,23,33H,1H3,(H,31,34)/b21-13+/t23-/m1/s1. The molecular weight excluding hydrogens is 653 g/mol. The van der Waals surface area contributed by atoms with E-state index in [4.69, 9.17) is 0 Å². The number of nitrogens with one attached hydrogen (secondary N) is 1. The first-order valence-corrected chi connectivity index (χ1v) is 13.6. The van der Waals surface area contributed by atoms with E-state index in [1.165, 1.54) is 11.3 Å². The summed E-state index contributed by atoms with van der Waals surface area (Å²) in [6.07, 6.45) is 1.66. The molecule has 0 spiro atoms. The van der Waals surface area contributed by atoms with Crippen molar-refractivity contribution in [2.24, 2.45) is 4.99 Å². The van der Waals surface area contributed by atoms with E-state index in [0.717, 1.165) is 10.0 Å². The summed E-state index contributed by atoms with van der Waals surface area (Å²) in [5.74, 6) is -0.215. The van der Waals surface area contributed by atoms with Gasteiger partial charge in [-0.1, -0.05) is 75.8 Å². The highest BCUT2D eigenvalue weighted by Crippen LogP contribution is 2.31. The average molecular weight is 672 g/mol.